The van der Waals surface area contributed by atoms with Crippen LogP contribution in [0.15, 0.2) is 72.8 Å². The lowest BCUT2D eigenvalue weighted by Crippen LogP contribution is -2.57. The molecule has 3 aromatic rings. The molecule has 2 bridgehead atoms. The largest absolute Gasteiger partial charge is 0.492 e. The molecule has 1 saturated heterocycles. The van der Waals surface area contributed by atoms with Gasteiger partial charge in [-0.3, -0.25) is 14.4 Å². The van der Waals surface area contributed by atoms with Crippen molar-refractivity contribution < 1.29 is 24.2 Å². The van der Waals surface area contributed by atoms with Gasteiger partial charge >= 0.3 is 5.97 Å². The van der Waals surface area contributed by atoms with Crippen molar-refractivity contribution in [2.75, 3.05) is 11.5 Å². The van der Waals surface area contributed by atoms with E-state index >= 15 is 0 Å². The molecule has 4 aliphatic rings. The summed E-state index contributed by atoms with van der Waals surface area (Å²) in [6, 6.07) is 21.6. The molecule has 0 spiro atoms. The average molecular weight is 439 g/mol. The van der Waals surface area contributed by atoms with Gasteiger partial charge in [0.05, 0.1) is 24.1 Å². The normalized spacial score (nSPS) is 26.6. The number of ether oxygens (including phenoxy) is 1. The highest BCUT2D eigenvalue weighted by atomic mass is 16.5. The van der Waals surface area contributed by atoms with Crippen LogP contribution in [0.1, 0.15) is 35.1 Å². The second kappa shape index (κ2) is 6.78. The van der Waals surface area contributed by atoms with Crippen molar-refractivity contribution in [3.05, 3.63) is 95.1 Å². The highest BCUT2D eigenvalue weighted by molar-refractivity contribution is 6.25. The Morgan fingerprint density at radius 2 is 1.48 bits per heavy atom. The molecule has 2 atom stereocenters. The number of hydrogen-bond acceptors (Lipinski definition) is 4. The maximum absolute atomic E-state index is 14.0. The molecule has 3 aliphatic carbocycles. The van der Waals surface area contributed by atoms with Gasteiger partial charge in [0.1, 0.15) is 11.2 Å². The van der Waals surface area contributed by atoms with E-state index in [0.29, 0.717) is 29.2 Å². The minimum Gasteiger partial charge on any atom is -0.492 e. The van der Waals surface area contributed by atoms with Crippen LogP contribution in [0.3, 0.4) is 0 Å². The fourth-order valence-corrected chi connectivity index (χ4v) is 6.29. The van der Waals surface area contributed by atoms with Crippen LogP contribution < -0.4 is 9.64 Å². The number of rotatable bonds is 4. The van der Waals surface area contributed by atoms with Gasteiger partial charge < -0.3 is 9.84 Å². The van der Waals surface area contributed by atoms with E-state index in [2.05, 4.69) is 0 Å². The number of amides is 2. The maximum atomic E-state index is 14.0. The van der Waals surface area contributed by atoms with Crippen LogP contribution in [-0.2, 0) is 19.8 Å². The maximum Gasteiger partial charge on any atom is 0.319 e. The Labute approximate surface area is 190 Å². The number of para-hydroxylation sites is 2. The van der Waals surface area contributed by atoms with Gasteiger partial charge in [-0.05, 0) is 41.3 Å². The molecular weight excluding hydrogens is 418 g/mol. The number of carboxylic acid groups (broad SMARTS) is 1. The molecule has 6 nitrogen and oxygen atoms in total. The third-order valence-corrected chi connectivity index (χ3v) is 7.36. The van der Waals surface area contributed by atoms with Crippen LogP contribution >= 0.6 is 0 Å². The Bertz CT molecular complexity index is 1300. The number of imide groups is 1. The third kappa shape index (κ3) is 2.25. The molecule has 3 aromatic carbocycles. The number of carboxylic acids is 1. The van der Waals surface area contributed by atoms with Crippen molar-refractivity contribution in [1.29, 1.82) is 0 Å². The van der Waals surface area contributed by atoms with Crippen LogP contribution in [0.5, 0.6) is 5.75 Å². The summed E-state index contributed by atoms with van der Waals surface area (Å²) in [5, 5.41) is 10.7. The molecule has 7 rings (SSSR count). The van der Waals surface area contributed by atoms with Crippen molar-refractivity contribution in [2.45, 2.75) is 18.3 Å². The molecule has 164 valence electrons. The van der Waals surface area contributed by atoms with Crippen molar-refractivity contribution in [3.8, 4) is 5.75 Å². The van der Waals surface area contributed by atoms with Crippen molar-refractivity contribution in [2.24, 2.45) is 11.8 Å². The molecule has 1 fully saturated rings. The zero-order chi connectivity index (χ0) is 22.9. The summed E-state index contributed by atoms with van der Waals surface area (Å²) in [4.78, 5) is 42.3. The van der Waals surface area contributed by atoms with Gasteiger partial charge in [-0.15, -0.1) is 0 Å². The molecule has 2 unspecified atom stereocenters. The number of anilines is 1. The van der Waals surface area contributed by atoms with E-state index in [4.69, 9.17) is 4.74 Å². The van der Waals surface area contributed by atoms with Crippen molar-refractivity contribution in [1.82, 2.24) is 0 Å². The van der Waals surface area contributed by atoms with Crippen LogP contribution in [0.4, 0.5) is 5.69 Å². The summed E-state index contributed by atoms with van der Waals surface area (Å²) in [5.41, 5.74) is 1.54. The quantitative estimate of drug-likeness (QED) is 0.627. The van der Waals surface area contributed by atoms with E-state index in [9.17, 15) is 19.5 Å². The fourth-order valence-electron chi connectivity index (χ4n) is 6.29. The highest BCUT2D eigenvalue weighted by Crippen LogP contribution is 2.64. The lowest BCUT2D eigenvalue weighted by Gasteiger charge is -2.51. The van der Waals surface area contributed by atoms with E-state index in [1.54, 1.807) is 48.5 Å². The SMILES string of the molecule is CCOc1ccccc1N1C(=O)C2C3c4ccccc4C(C(=O)O)(c4ccccc43)C2C1=O. The lowest BCUT2D eigenvalue weighted by atomic mass is 9.47. The smallest absolute Gasteiger partial charge is 0.319 e. The number of nitrogens with zero attached hydrogens (tertiary/aromatic N) is 1. The van der Waals surface area contributed by atoms with Gasteiger partial charge in [0.15, 0.2) is 0 Å². The Morgan fingerprint density at radius 3 is 2.09 bits per heavy atom. The van der Waals surface area contributed by atoms with Gasteiger partial charge in [-0.2, -0.15) is 0 Å². The second-order valence-electron chi connectivity index (χ2n) is 8.68. The summed E-state index contributed by atoms with van der Waals surface area (Å²) in [7, 11) is 0. The molecule has 1 heterocycles. The third-order valence-electron chi connectivity index (χ3n) is 7.36. The molecule has 6 heteroatoms. The first-order valence-corrected chi connectivity index (χ1v) is 11.0. The predicted molar refractivity (Wildman–Crippen MR) is 120 cm³/mol. The Balaban J connectivity index is 1.64. The summed E-state index contributed by atoms with van der Waals surface area (Å²) in [6.07, 6.45) is 0. The van der Waals surface area contributed by atoms with E-state index in [1.165, 1.54) is 0 Å². The monoisotopic (exact) mass is 439 g/mol. The van der Waals surface area contributed by atoms with E-state index in [0.717, 1.165) is 16.0 Å². The lowest BCUT2D eigenvalue weighted by molar-refractivity contribution is -0.149. The first kappa shape index (κ1) is 19.7. The molecule has 2 amide bonds. The molecule has 33 heavy (non-hydrogen) atoms. The Morgan fingerprint density at radius 1 is 0.909 bits per heavy atom. The zero-order valence-electron chi connectivity index (χ0n) is 17.9. The van der Waals surface area contributed by atoms with Gasteiger partial charge in [0.2, 0.25) is 11.8 Å². The van der Waals surface area contributed by atoms with E-state index in [-0.39, 0.29) is 11.8 Å². The van der Waals surface area contributed by atoms with Crippen molar-refractivity contribution >= 4 is 23.5 Å². The Kier molecular flexibility index (Phi) is 4.06. The standard InChI is InChI=1S/C27H21NO5/c1-2-33-20-14-8-7-13-19(20)28-24(29)22-21-15-9-3-5-11-17(15)27(26(31)32,23(22)25(28)30)18-12-6-4-10-16(18)21/h3-14,21-23H,2H2,1H3,(H,31,32). The number of carbonyl (C=O) groups is 3. The molecule has 0 aromatic heterocycles. The van der Waals surface area contributed by atoms with Crippen LogP contribution in [-0.4, -0.2) is 29.5 Å². The molecule has 1 N–H and O–H groups in total. The highest BCUT2D eigenvalue weighted by Gasteiger charge is 2.71. The van der Waals surface area contributed by atoms with Crippen molar-refractivity contribution in [3.63, 3.8) is 0 Å². The number of aliphatic carboxylic acids is 1. The number of carbonyl (C=O) groups excluding carboxylic acids is 2. The fraction of sp³-hybridized carbons (Fsp3) is 0.222. The van der Waals surface area contributed by atoms with Gasteiger partial charge in [0.25, 0.3) is 0 Å². The summed E-state index contributed by atoms with van der Waals surface area (Å²) in [6.45, 7) is 2.20. The first-order chi connectivity index (χ1) is 16.0. The van der Waals surface area contributed by atoms with E-state index < -0.39 is 29.1 Å². The summed E-state index contributed by atoms with van der Waals surface area (Å²) < 4.78 is 5.70. The van der Waals surface area contributed by atoms with Gasteiger partial charge in [0, 0.05) is 5.92 Å². The minimum absolute atomic E-state index is 0.358. The zero-order valence-corrected chi connectivity index (χ0v) is 17.9. The van der Waals surface area contributed by atoms with Crippen LogP contribution in [0.25, 0.3) is 0 Å². The Hall–Kier alpha value is -3.93. The second-order valence-corrected chi connectivity index (χ2v) is 8.68. The van der Waals surface area contributed by atoms with E-state index in [1.807, 2.05) is 31.2 Å². The molecule has 0 saturated carbocycles. The van der Waals surface area contributed by atoms with Crippen LogP contribution in [0, 0.1) is 11.8 Å². The molecule has 1 aliphatic heterocycles. The molecular formula is C27H21NO5. The first-order valence-electron chi connectivity index (χ1n) is 11.0. The van der Waals surface area contributed by atoms with Gasteiger partial charge in [-0.1, -0.05) is 60.7 Å². The summed E-state index contributed by atoms with van der Waals surface area (Å²) in [5.74, 6) is -3.78. The predicted octanol–water partition coefficient (Wildman–Crippen LogP) is 3.72. The summed E-state index contributed by atoms with van der Waals surface area (Å²) >= 11 is 0. The number of benzene rings is 3. The minimum atomic E-state index is -1.63. The molecule has 0 radical (unpaired) electrons. The average Bonchev–Trinajstić information content (AvgIpc) is 3.10. The van der Waals surface area contributed by atoms with Crippen LogP contribution in [0.2, 0.25) is 0 Å². The van der Waals surface area contributed by atoms with Gasteiger partial charge in [-0.25, -0.2) is 4.90 Å². The topological polar surface area (TPSA) is 83.9 Å². The number of hydrogen-bond donors (Lipinski definition) is 1.